The van der Waals surface area contributed by atoms with Crippen molar-refractivity contribution in [3.05, 3.63) is 54.1 Å². The first-order valence-electron chi connectivity index (χ1n) is 6.91. The van der Waals surface area contributed by atoms with Crippen molar-refractivity contribution < 1.29 is 9.53 Å². The number of hydrogen-bond donors (Lipinski definition) is 0. The van der Waals surface area contributed by atoms with Gasteiger partial charge in [-0.25, -0.2) is 0 Å². The highest BCUT2D eigenvalue weighted by atomic mass is 35.5. The first-order chi connectivity index (χ1) is 10.1. The lowest BCUT2D eigenvalue weighted by Gasteiger charge is -2.16. The number of benzene rings is 2. The van der Waals surface area contributed by atoms with Crippen LogP contribution in [0.1, 0.15) is 12.0 Å². The summed E-state index contributed by atoms with van der Waals surface area (Å²) in [5.41, 5.74) is 2.06. The molecule has 2 aromatic carbocycles. The second-order valence-electron chi connectivity index (χ2n) is 5.21. The van der Waals surface area contributed by atoms with Crippen LogP contribution >= 0.6 is 11.6 Å². The van der Waals surface area contributed by atoms with Gasteiger partial charge in [0.1, 0.15) is 11.5 Å². The van der Waals surface area contributed by atoms with Gasteiger partial charge in [0.15, 0.2) is 0 Å². The van der Waals surface area contributed by atoms with Crippen molar-refractivity contribution in [1.82, 2.24) is 0 Å². The van der Waals surface area contributed by atoms with Crippen LogP contribution < -0.4 is 9.64 Å². The topological polar surface area (TPSA) is 29.5 Å². The van der Waals surface area contributed by atoms with E-state index in [9.17, 15) is 4.79 Å². The second kappa shape index (κ2) is 5.78. The smallest absolute Gasteiger partial charge is 0.228 e. The molecule has 4 heteroatoms. The number of carbonyl (C=O) groups excluding carboxylic acids is 1. The summed E-state index contributed by atoms with van der Waals surface area (Å²) in [6.07, 6.45) is 0.406. The number of amides is 1. The molecule has 3 rings (SSSR count). The van der Waals surface area contributed by atoms with E-state index in [0.717, 1.165) is 17.2 Å². The third kappa shape index (κ3) is 3.19. The Hall–Kier alpha value is -2.00. The average Bonchev–Trinajstić information content (AvgIpc) is 2.81. The SMILES string of the molecule is Cc1ccc(Oc2ccc(N3CC(Cl)CC3=O)cc2)cc1. The van der Waals surface area contributed by atoms with Gasteiger partial charge in [-0.2, -0.15) is 0 Å². The Morgan fingerprint density at radius 2 is 1.62 bits per heavy atom. The molecule has 0 aliphatic carbocycles. The molecular weight excluding hydrogens is 286 g/mol. The summed E-state index contributed by atoms with van der Waals surface area (Å²) < 4.78 is 5.77. The van der Waals surface area contributed by atoms with Gasteiger partial charge in [0.05, 0.1) is 5.38 Å². The number of alkyl halides is 1. The van der Waals surface area contributed by atoms with Crippen LogP contribution in [0.5, 0.6) is 11.5 Å². The summed E-state index contributed by atoms with van der Waals surface area (Å²) in [5.74, 6) is 1.62. The first-order valence-corrected chi connectivity index (χ1v) is 7.34. The predicted molar refractivity (Wildman–Crippen MR) is 84.3 cm³/mol. The van der Waals surface area contributed by atoms with Gasteiger partial charge in [-0.15, -0.1) is 11.6 Å². The van der Waals surface area contributed by atoms with Gasteiger partial charge >= 0.3 is 0 Å². The molecule has 1 unspecified atom stereocenters. The molecule has 108 valence electrons. The summed E-state index contributed by atoms with van der Waals surface area (Å²) >= 11 is 6.02. The molecule has 0 bridgehead atoms. The molecule has 0 N–H and O–H groups in total. The molecule has 2 aromatic rings. The third-order valence-corrected chi connectivity index (χ3v) is 3.78. The fourth-order valence-electron chi connectivity index (χ4n) is 2.35. The highest BCUT2D eigenvalue weighted by Crippen LogP contribution is 2.28. The van der Waals surface area contributed by atoms with Crippen LogP contribution in [0, 0.1) is 6.92 Å². The lowest BCUT2D eigenvalue weighted by molar-refractivity contribution is -0.117. The van der Waals surface area contributed by atoms with Gasteiger partial charge < -0.3 is 9.64 Å². The number of aryl methyl sites for hydroxylation is 1. The monoisotopic (exact) mass is 301 g/mol. The van der Waals surface area contributed by atoms with E-state index in [2.05, 4.69) is 0 Å². The van der Waals surface area contributed by atoms with E-state index >= 15 is 0 Å². The molecule has 1 aliphatic rings. The molecule has 0 aromatic heterocycles. The van der Waals surface area contributed by atoms with E-state index < -0.39 is 0 Å². The van der Waals surface area contributed by atoms with Gasteiger partial charge in [0.25, 0.3) is 0 Å². The van der Waals surface area contributed by atoms with Crippen LogP contribution in [0.25, 0.3) is 0 Å². The Morgan fingerprint density at radius 1 is 1.05 bits per heavy atom. The van der Waals surface area contributed by atoms with Crippen LogP contribution in [-0.2, 0) is 4.79 Å². The molecule has 0 radical (unpaired) electrons. The molecule has 0 spiro atoms. The van der Waals surface area contributed by atoms with Crippen molar-refractivity contribution in [2.75, 3.05) is 11.4 Å². The Balaban J connectivity index is 1.72. The predicted octanol–water partition coefficient (Wildman–Crippen LogP) is 4.13. The number of ether oxygens (including phenoxy) is 1. The Labute approximate surface area is 129 Å². The zero-order valence-electron chi connectivity index (χ0n) is 11.8. The number of rotatable bonds is 3. The summed E-state index contributed by atoms with van der Waals surface area (Å²) in [5, 5.41) is -0.0963. The van der Waals surface area contributed by atoms with Gasteiger partial charge in [0.2, 0.25) is 5.91 Å². The fraction of sp³-hybridized carbons (Fsp3) is 0.235. The minimum atomic E-state index is -0.0963. The van der Waals surface area contributed by atoms with E-state index in [4.69, 9.17) is 16.3 Å². The minimum absolute atomic E-state index is 0.0715. The molecule has 0 saturated carbocycles. The van der Waals surface area contributed by atoms with Crippen LogP contribution in [0.15, 0.2) is 48.5 Å². The minimum Gasteiger partial charge on any atom is -0.457 e. The van der Waals surface area contributed by atoms with E-state index in [0.29, 0.717) is 13.0 Å². The number of hydrogen-bond acceptors (Lipinski definition) is 2. The Bertz CT molecular complexity index is 637. The van der Waals surface area contributed by atoms with Crippen LogP contribution in [0.3, 0.4) is 0 Å². The Kier molecular flexibility index (Phi) is 3.84. The van der Waals surface area contributed by atoms with Crippen molar-refractivity contribution in [1.29, 1.82) is 0 Å². The molecule has 1 heterocycles. The second-order valence-corrected chi connectivity index (χ2v) is 5.83. The quantitative estimate of drug-likeness (QED) is 0.798. The lowest BCUT2D eigenvalue weighted by atomic mass is 10.2. The van der Waals surface area contributed by atoms with Crippen molar-refractivity contribution >= 4 is 23.2 Å². The van der Waals surface area contributed by atoms with Gasteiger partial charge in [-0.1, -0.05) is 17.7 Å². The summed E-state index contributed by atoms with van der Waals surface area (Å²) in [6.45, 7) is 2.61. The number of nitrogens with zero attached hydrogens (tertiary/aromatic N) is 1. The maximum absolute atomic E-state index is 11.8. The van der Waals surface area contributed by atoms with E-state index in [1.807, 2.05) is 55.5 Å². The van der Waals surface area contributed by atoms with Crippen LogP contribution in [-0.4, -0.2) is 17.8 Å². The van der Waals surface area contributed by atoms with Gasteiger partial charge in [-0.3, -0.25) is 4.79 Å². The molecule has 1 aliphatic heterocycles. The van der Waals surface area contributed by atoms with E-state index in [-0.39, 0.29) is 11.3 Å². The lowest BCUT2D eigenvalue weighted by Crippen LogP contribution is -2.24. The maximum atomic E-state index is 11.8. The third-order valence-electron chi connectivity index (χ3n) is 3.48. The van der Waals surface area contributed by atoms with Crippen LogP contribution in [0.2, 0.25) is 0 Å². The molecule has 1 fully saturated rings. The zero-order chi connectivity index (χ0) is 14.8. The number of carbonyl (C=O) groups is 1. The normalized spacial score (nSPS) is 18.1. The standard InChI is InChI=1S/C17H16ClNO2/c1-12-2-6-15(7-3-12)21-16-8-4-14(5-9-16)19-11-13(18)10-17(19)20/h2-9,13H,10-11H2,1H3. The molecule has 21 heavy (non-hydrogen) atoms. The van der Waals surface area contributed by atoms with Gasteiger partial charge in [0, 0.05) is 18.7 Å². The summed E-state index contributed by atoms with van der Waals surface area (Å²) in [7, 11) is 0. The maximum Gasteiger partial charge on any atom is 0.228 e. The summed E-state index contributed by atoms with van der Waals surface area (Å²) in [6, 6.07) is 15.4. The zero-order valence-corrected chi connectivity index (χ0v) is 12.5. The molecular formula is C17H16ClNO2. The molecule has 1 amide bonds. The van der Waals surface area contributed by atoms with Crippen molar-refractivity contribution in [3.63, 3.8) is 0 Å². The first kappa shape index (κ1) is 14.0. The fourth-order valence-corrected chi connectivity index (χ4v) is 2.62. The van der Waals surface area contributed by atoms with E-state index in [1.54, 1.807) is 4.90 Å². The largest absolute Gasteiger partial charge is 0.457 e. The molecule has 1 saturated heterocycles. The molecule has 3 nitrogen and oxygen atoms in total. The number of anilines is 1. The van der Waals surface area contributed by atoms with Gasteiger partial charge in [-0.05, 0) is 43.3 Å². The Morgan fingerprint density at radius 3 is 2.14 bits per heavy atom. The highest BCUT2D eigenvalue weighted by Gasteiger charge is 2.28. The van der Waals surface area contributed by atoms with Crippen LogP contribution in [0.4, 0.5) is 5.69 Å². The highest BCUT2D eigenvalue weighted by molar-refractivity contribution is 6.24. The van der Waals surface area contributed by atoms with Crippen molar-refractivity contribution in [3.8, 4) is 11.5 Å². The summed E-state index contributed by atoms with van der Waals surface area (Å²) in [4.78, 5) is 13.5. The average molecular weight is 302 g/mol. The van der Waals surface area contributed by atoms with E-state index in [1.165, 1.54) is 5.56 Å². The number of halogens is 1. The van der Waals surface area contributed by atoms with Crippen molar-refractivity contribution in [2.45, 2.75) is 18.7 Å². The molecule has 1 atom stereocenters. The van der Waals surface area contributed by atoms with Crippen molar-refractivity contribution in [2.24, 2.45) is 0 Å².